The third-order valence-corrected chi connectivity index (χ3v) is 6.15. The lowest BCUT2D eigenvalue weighted by Crippen LogP contribution is -2.41. The Balaban J connectivity index is 1.67. The van der Waals surface area contributed by atoms with Gasteiger partial charge >= 0.3 is 12.1 Å². The topological polar surface area (TPSA) is 142 Å². The molecule has 1 aliphatic heterocycles. The number of rotatable bonds is 7. The van der Waals surface area contributed by atoms with Crippen molar-refractivity contribution in [2.45, 2.75) is 30.1 Å². The number of likely N-dealkylation sites (tertiary alicyclic amines) is 1. The molecule has 0 aromatic heterocycles. The van der Waals surface area contributed by atoms with Gasteiger partial charge in [-0.05, 0) is 29.8 Å². The van der Waals surface area contributed by atoms with Crippen LogP contribution in [0.2, 0.25) is 0 Å². The van der Waals surface area contributed by atoms with Crippen LogP contribution in [0.1, 0.15) is 12.0 Å². The molecule has 0 spiro atoms. The van der Waals surface area contributed by atoms with E-state index in [9.17, 15) is 28.1 Å². The molecule has 1 heterocycles. The standard InChI is InChI=1S/C20H20N2O9S/c1-29-19(23)18-11-16(31-32(27,28)17-5-3-2-4-6-17)12-21(18)20(24)30-13-14-7-9-15(10-8-14)22(25)26/h2-10,16,18H,11-13H2,1H3/t16-,18+/m1/s1. The molecular weight excluding hydrogens is 444 g/mol. The van der Waals surface area contributed by atoms with E-state index in [0.717, 1.165) is 12.0 Å². The third-order valence-electron chi connectivity index (χ3n) is 4.77. The number of carbonyl (C=O) groups is 2. The molecule has 12 heteroatoms. The van der Waals surface area contributed by atoms with Crippen LogP contribution in [0.15, 0.2) is 59.5 Å². The Labute approximate surface area is 183 Å². The largest absolute Gasteiger partial charge is 0.467 e. The predicted molar refractivity (Wildman–Crippen MR) is 109 cm³/mol. The SMILES string of the molecule is COC(=O)[C@@H]1C[C@@H](OS(=O)(=O)c2ccccc2)CN1C(=O)OCc1ccc([N+](=O)[O-])cc1. The van der Waals surface area contributed by atoms with Gasteiger partial charge in [-0.2, -0.15) is 8.42 Å². The number of esters is 1. The summed E-state index contributed by atoms with van der Waals surface area (Å²) < 4.78 is 40.1. The second-order valence-corrected chi connectivity index (χ2v) is 8.46. The maximum absolute atomic E-state index is 12.6. The Hall–Kier alpha value is -3.51. The number of benzene rings is 2. The van der Waals surface area contributed by atoms with E-state index in [1.54, 1.807) is 18.2 Å². The number of carbonyl (C=O) groups excluding carboxylic acids is 2. The van der Waals surface area contributed by atoms with Gasteiger partial charge in [-0.15, -0.1) is 0 Å². The lowest BCUT2D eigenvalue weighted by atomic mass is 10.2. The van der Waals surface area contributed by atoms with Gasteiger partial charge in [-0.25, -0.2) is 9.59 Å². The van der Waals surface area contributed by atoms with Crippen LogP contribution in [0.25, 0.3) is 0 Å². The van der Waals surface area contributed by atoms with Gasteiger partial charge in [0.05, 0.1) is 29.6 Å². The van der Waals surface area contributed by atoms with Crippen molar-refractivity contribution in [1.29, 1.82) is 0 Å². The van der Waals surface area contributed by atoms with E-state index in [4.69, 9.17) is 13.7 Å². The second-order valence-electron chi connectivity index (χ2n) is 6.89. The van der Waals surface area contributed by atoms with E-state index in [-0.39, 0.29) is 30.2 Å². The van der Waals surface area contributed by atoms with Crippen molar-refractivity contribution in [3.8, 4) is 0 Å². The molecule has 2 aromatic rings. The Bertz CT molecular complexity index is 1090. The number of non-ortho nitro benzene ring substituents is 1. The molecule has 2 aromatic carbocycles. The van der Waals surface area contributed by atoms with E-state index >= 15 is 0 Å². The highest BCUT2D eigenvalue weighted by molar-refractivity contribution is 7.86. The van der Waals surface area contributed by atoms with Crippen LogP contribution in [-0.4, -0.2) is 56.1 Å². The number of nitro groups is 1. The van der Waals surface area contributed by atoms with Crippen LogP contribution in [0, 0.1) is 10.1 Å². The monoisotopic (exact) mass is 464 g/mol. The van der Waals surface area contributed by atoms with Gasteiger partial charge in [0.15, 0.2) is 0 Å². The van der Waals surface area contributed by atoms with Crippen LogP contribution in [0.3, 0.4) is 0 Å². The number of ether oxygens (including phenoxy) is 2. The molecule has 170 valence electrons. The zero-order valence-corrected chi connectivity index (χ0v) is 17.8. The predicted octanol–water partition coefficient (Wildman–Crippen LogP) is 2.25. The normalized spacial score (nSPS) is 18.2. The molecule has 0 radical (unpaired) electrons. The lowest BCUT2D eigenvalue weighted by molar-refractivity contribution is -0.384. The Morgan fingerprint density at radius 1 is 1.12 bits per heavy atom. The summed E-state index contributed by atoms with van der Waals surface area (Å²) in [7, 11) is -2.95. The maximum Gasteiger partial charge on any atom is 0.410 e. The van der Waals surface area contributed by atoms with Crippen LogP contribution in [0.4, 0.5) is 10.5 Å². The first-order valence-corrected chi connectivity index (χ1v) is 10.8. The highest BCUT2D eigenvalue weighted by Crippen LogP contribution is 2.26. The van der Waals surface area contributed by atoms with Crippen molar-refractivity contribution < 1.29 is 36.6 Å². The molecule has 1 aliphatic rings. The highest BCUT2D eigenvalue weighted by Gasteiger charge is 2.43. The smallest absolute Gasteiger partial charge is 0.410 e. The van der Waals surface area contributed by atoms with Gasteiger partial charge in [0.1, 0.15) is 12.6 Å². The molecule has 0 bridgehead atoms. The molecule has 1 saturated heterocycles. The molecule has 3 rings (SSSR count). The van der Waals surface area contributed by atoms with E-state index in [1.807, 2.05) is 0 Å². The molecule has 11 nitrogen and oxygen atoms in total. The molecule has 2 atom stereocenters. The van der Waals surface area contributed by atoms with Crippen molar-refractivity contribution in [2.75, 3.05) is 13.7 Å². The van der Waals surface area contributed by atoms with Gasteiger partial charge in [-0.3, -0.25) is 19.2 Å². The van der Waals surface area contributed by atoms with Gasteiger partial charge < -0.3 is 9.47 Å². The lowest BCUT2D eigenvalue weighted by Gasteiger charge is -2.21. The quantitative estimate of drug-likeness (QED) is 0.261. The molecule has 32 heavy (non-hydrogen) atoms. The summed E-state index contributed by atoms with van der Waals surface area (Å²) in [6.45, 7) is -0.403. The zero-order chi connectivity index (χ0) is 23.3. The van der Waals surface area contributed by atoms with E-state index in [1.165, 1.54) is 36.4 Å². The molecule has 0 unspecified atom stereocenters. The van der Waals surface area contributed by atoms with E-state index in [2.05, 4.69) is 0 Å². The van der Waals surface area contributed by atoms with Crippen molar-refractivity contribution in [3.63, 3.8) is 0 Å². The Morgan fingerprint density at radius 3 is 2.38 bits per heavy atom. The van der Waals surface area contributed by atoms with Crippen molar-refractivity contribution in [1.82, 2.24) is 4.90 Å². The molecule has 1 amide bonds. The molecule has 0 saturated carbocycles. The summed E-state index contributed by atoms with van der Waals surface area (Å²) in [5.41, 5.74) is 0.391. The number of nitro benzene ring substituents is 1. The van der Waals surface area contributed by atoms with E-state index in [0.29, 0.717) is 5.56 Å². The Morgan fingerprint density at radius 2 is 1.78 bits per heavy atom. The summed E-state index contributed by atoms with van der Waals surface area (Å²) in [5, 5.41) is 10.7. The average molecular weight is 464 g/mol. The minimum atomic E-state index is -4.10. The fraction of sp³-hybridized carbons (Fsp3) is 0.300. The minimum absolute atomic E-state index is 0.0474. The van der Waals surface area contributed by atoms with Crippen LogP contribution in [0.5, 0.6) is 0 Å². The fourth-order valence-electron chi connectivity index (χ4n) is 3.19. The van der Waals surface area contributed by atoms with Crippen LogP contribution < -0.4 is 0 Å². The molecule has 0 N–H and O–H groups in total. The van der Waals surface area contributed by atoms with Gasteiger partial charge in [0.2, 0.25) is 0 Å². The summed E-state index contributed by atoms with van der Waals surface area (Å²) in [6, 6.07) is 11.8. The van der Waals surface area contributed by atoms with Gasteiger partial charge in [0.25, 0.3) is 15.8 Å². The number of amides is 1. The maximum atomic E-state index is 12.6. The number of nitrogens with zero attached hydrogens (tertiary/aromatic N) is 2. The van der Waals surface area contributed by atoms with E-state index < -0.39 is 39.2 Å². The Kier molecular flexibility index (Phi) is 7.05. The van der Waals surface area contributed by atoms with Gasteiger partial charge in [0, 0.05) is 18.6 Å². The first kappa shape index (κ1) is 23.2. The molecular formula is C20H20N2O9S. The number of hydrogen-bond acceptors (Lipinski definition) is 9. The molecule has 1 fully saturated rings. The highest BCUT2D eigenvalue weighted by atomic mass is 32.2. The first-order chi connectivity index (χ1) is 15.2. The summed E-state index contributed by atoms with van der Waals surface area (Å²) in [6.07, 6.45) is -1.94. The van der Waals surface area contributed by atoms with Crippen LogP contribution >= 0.6 is 0 Å². The average Bonchev–Trinajstić information content (AvgIpc) is 3.21. The van der Waals surface area contributed by atoms with Crippen LogP contribution in [-0.2, 0) is 35.2 Å². The summed E-state index contributed by atoms with van der Waals surface area (Å²) in [5.74, 6) is -0.736. The fourth-order valence-corrected chi connectivity index (χ4v) is 4.29. The van der Waals surface area contributed by atoms with Crippen molar-refractivity contribution in [3.05, 3.63) is 70.3 Å². The van der Waals surface area contributed by atoms with Crippen molar-refractivity contribution in [2.24, 2.45) is 0 Å². The second kappa shape index (κ2) is 9.75. The zero-order valence-electron chi connectivity index (χ0n) is 16.9. The minimum Gasteiger partial charge on any atom is -0.467 e. The number of hydrogen-bond donors (Lipinski definition) is 0. The van der Waals surface area contributed by atoms with Gasteiger partial charge in [-0.1, -0.05) is 18.2 Å². The summed E-state index contributed by atoms with van der Waals surface area (Å²) >= 11 is 0. The molecule has 0 aliphatic carbocycles. The van der Waals surface area contributed by atoms with Crippen molar-refractivity contribution >= 4 is 27.9 Å². The first-order valence-electron chi connectivity index (χ1n) is 9.44. The summed E-state index contributed by atoms with van der Waals surface area (Å²) in [4.78, 5) is 35.9. The number of methoxy groups -OCH3 is 1. The third kappa shape index (κ3) is 5.39.